The second-order valence-corrected chi connectivity index (χ2v) is 5.78. The van der Waals surface area contributed by atoms with Crippen molar-refractivity contribution in [3.8, 4) is 0 Å². The van der Waals surface area contributed by atoms with Gasteiger partial charge in [-0.1, -0.05) is 12.1 Å². The van der Waals surface area contributed by atoms with E-state index in [2.05, 4.69) is 15.3 Å². The molecule has 9 heteroatoms. The van der Waals surface area contributed by atoms with E-state index in [1.807, 2.05) is 0 Å². The van der Waals surface area contributed by atoms with Gasteiger partial charge in [-0.05, 0) is 31.5 Å². The van der Waals surface area contributed by atoms with Gasteiger partial charge in [0, 0.05) is 25.4 Å². The van der Waals surface area contributed by atoms with Crippen molar-refractivity contribution in [2.75, 3.05) is 5.32 Å². The number of oxazole rings is 1. The van der Waals surface area contributed by atoms with Crippen LogP contribution in [0, 0.1) is 0 Å². The Hall–Kier alpha value is -3.49. The molecule has 2 aromatic heterocycles. The van der Waals surface area contributed by atoms with Crippen molar-refractivity contribution >= 4 is 28.9 Å². The molecule has 27 heavy (non-hydrogen) atoms. The summed E-state index contributed by atoms with van der Waals surface area (Å²) < 4.78 is 11.7. The van der Waals surface area contributed by atoms with E-state index in [1.54, 1.807) is 30.3 Å². The normalized spacial score (nSPS) is 11.9. The van der Waals surface area contributed by atoms with Crippen LogP contribution in [0.15, 0.2) is 51.9 Å². The fourth-order valence-corrected chi connectivity index (χ4v) is 2.49. The summed E-state index contributed by atoms with van der Waals surface area (Å²) in [6.45, 7) is 1.77. The number of carbonyl (C=O) groups excluding carboxylic acids is 2. The number of rotatable bonds is 7. The van der Waals surface area contributed by atoms with E-state index in [0.717, 1.165) is 0 Å². The zero-order valence-corrected chi connectivity index (χ0v) is 14.6. The average Bonchev–Trinajstić information content (AvgIpc) is 2.98. The third-order valence-electron chi connectivity index (χ3n) is 3.81. The maximum Gasteiger partial charge on any atom is 0.419 e. The molecule has 1 aromatic carbocycles. The van der Waals surface area contributed by atoms with Gasteiger partial charge in [0.25, 0.3) is 5.91 Å². The second-order valence-electron chi connectivity index (χ2n) is 5.78. The van der Waals surface area contributed by atoms with Gasteiger partial charge in [-0.2, -0.15) is 0 Å². The van der Waals surface area contributed by atoms with E-state index in [0.29, 0.717) is 24.1 Å². The zero-order chi connectivity index (χ0) is 19.2. The molecule has 9 nitrogen and oxygen atoms in total. The van der Waals surface area contributed by atoms with E-state index in [9.17, 15) is 14.4 Å². The van der Waals surface area contributed by atoms with Crippen molar-refractivity contribution in [2.24, 2.45) is 0 Å². The molecule has 0 bridgehead atoms. The van der Waals surface area contributed by atoms with Gasteiger partial charge in [-0.15, -0.1) is 0 Å². The molecule has 3 rings (SSSR count). The lowest BCUT2D eigenvalue weighted by atomic mass is 10.3. The van der Waals surface area contributed by atoms with Gasteiger partial charge in [-0.25, -0.2) is 14.8 Å². The van der Waals surface area contributed by atoms with Crippen molar-refractivity contribution in [1.29, 1.82) is 0 Å². The molecule has 0 fully saturated rings. The van der Waals surface area contributed by atoms with Gasteiger partial charge in [0.15, 0.2) is 11.7 Å². The molecule has 0 radical (unpaired) electrons. The molecule has 0 aliphatic rings. The SMILES string of the molecule is CC(OC(=O)CCCn1c(=O)oc2ccccc21)C(=O)Nc1ncccn1. The highest BCUT2D eigenvalue weighted by Crippen LogP contribution is 2.12. The first-order chi connectivity index (χ1) is 13.0. The molecule has 140 valence electrons. The molecule has 0 aliphatic heterocycles. The summed E-state index contributed by atoms with van der Waals surface area (Å²) in [5.41, 5.74) is 1.17. The summed E-state index contributed by atoms with van der Waals surface area (Å²) in [5, 5.41) is 2.46. The first-order valence-corrected chi connectivity index (χ1v) is 8.40. The fraction of sp³-hybridized carbons (Fsp3) is 0.278. The van der Waals surface area contributed by atoms with Crippen LogP contribution >= 0.6 is 0 Å². The highest BCUT2D eigenvalue weighted by molar-refractivity contribution is 5.93. The van der Waals surface area contributed by atoms with Crippen LogP contribution in [0.3, 0.4) is 0 Å². The summed E-state index contributed by atoms with van der Waals surface area (Å²) in [6.07, 6.45) is 2.42. The predicted octanol–water partition coefficient (Wildman–Crippen LogP) is 1.74. The number of carbonyl (C=O) groups is 2. The minimum atomic E-state index is -0.987. The number of benzene rings is 1. The first kappa shape index (κ1) is 18.3. The van der Waals surface area contributed by atoms with E-state index < -0.39 is 23.7 Å². The first-order valence-electron chi connectivity index (χ1n) is 8.40. The minimum Gasteiger partial charge on any atom is -0.453 e. The van der Waals surface area contributed by atoms with E-state index >= 15 is 0 Å². The summed E-state index contributed by atoms with van der Waals surface area (Å²) >= 11 is 0. The van der Waals surface area contributed by atoms with Crippen LogP contribution in [0.2, 0.25) is 0 Å². The summed E-state index contributed by atoms with van der Waals surface area (Å²) in [7, 11) is 0. The van der Waals surface area contributed by atoms with Gasteiger partial charge in [0.05, 0.1) is 5.52 Å². The van der Waals surface area contributed by atoms with Crippen LogP contribution < -0.4 is 11.1 Å². The van der Waals surface area contributed by atoms with E-state index in [4.69, 9.17) is 9.15 Å². The number of esters is 1. The van der Waals surface area contributed by atoms with Crippen LogP contribution in [-0.4, -0.2) is 32.5 Å². The quantitative estimate of drug-likeness (QED) is 0.630. The lowest BCUT2D eigenvalue weighted by Gasteiger charge is -2.12. The molecule has 3 aromatic rings. The van der Waals surface area contributed by atoms with Gasteiger partial charge < -0.3 is 9.15 Å². The molecular weight excluding hydrogens is 352 g/mol. The van der Waals surface area contributed by atoms with Gasteiger partial charge in [-0.3, -0.25) is 19.5 Å². The third kappa shape index (κ3) is 4.57. The van der Waals surface area contributed by atoms with Crippen molar-refractivity contribution in [3.63, 3.8) is 0 Å². The smallest absolute Gasteiger partial charge is 0.419 e. The van der Waals surface area contributed by atoms with Gasteiger partial charge >= 0.3 is 11.7 Å². The van der Waals surface area contributed by atoms with E-state index in [-0.39, 0.29) is 12.4 Å². The Bertz CT molecular complexity index is 996. The van der Waals surface area contributed by atoms with Crippen molar-refractivity contribution in [3.05, 3.63) is 53.3 Å². The lowest BCUT2D eigenvalue weighted by Crippen LogP contribution is -2.30. The van der Waals surface area contributed by atoms with Crippen molar-refractivity contribution in [2.45, 2.75) is 32.4 Å². The Morgan fingerprint density at radius 1 is 1.22 bits per heavy atom. The summed E-state index contributed by atoms with van der Waals surface area (Å²) in [5.74, 6) is -1.39. The molecule has 1 amide bonds. The maximum absolute atomic E-state index is 12.0. The summed E-state index contributed by atoms with van der Waals surface area (Å²) in [6, 6.07) is 8.68. The van der Waals surface area contributed by atoms with Crippen LogP contribution in [0.25, 0.3) is 11.1 Å². The molecular formula is C18H18N4O5. The van der Waals surface area contributed by atoms with Crippen LogP contribution in [0.4, 0.5) is 5.95 Å². The molecule has 0 aliphatic carbocycles. The third-order valence-corrected chi connectivity index (χ3v) is 3.81. The number of hydrogen-bond donors (Lipinski definition) is 1. The monoisotopic (exact) mass is 370 g/mol. The molecule has 0 saturated carbocycles. The highest BCUT2D eigenvalue weighted by Gasteiger charge is 2.18. The Labute approximate surface area is 154 Å². The van der Waals surface area contributed by atoms with Crippen LogP contribution in [0.5, 0.6) is 0 Å². The Kier molecular flexibility index (Phi) is 5.60. The number of para-hydroxylation sites is 2. The molecule has 2 heterocycles. The molecule has 0 saturated heterocycles. The molecule has 1 N–H and O–H groups in total. The van der Waals surface area contributed by atoms with Gasteiger partial charge in [0.2, 0.25) is 5.95 Å². The molecule has 1 unspecified atom stereocenters. The number of amides is 1. The van der Waals surface area contributed by atoms with Crippen molar-refractivity contribution < 1.29 is 18.7 Å². The number of aryl methyl sites for hydroxylation is 1. The van der Waals surface area contributed by atoms with Crippen LogP contribution in [0.1, 0.15) is 19.8 Å². The second kappa shape index (κ2) is 8.26. The Morgan fingerprint density at radius 2 is 1.96 bits per heavy atom. The van der Waals surface area contributed by atoms with Crippen molar-refractivity contribution in [1.82, 2.24) is 14.5 Å². The number of anilines is 1. The number of ether oxygens (including phenoxy) is 1. The number of hydrogen-bond acceptors (Lipinski definition) is 7. The molecule has 0 spiro atoms. The lowest BCUT2D eigenvalue weighted by molar-refractivity contribution is -0.153. The topological polar surface area (TPSA) is 116 Å². The zero-order valence-electron chi connectivity index (χ0n) is 14.6. The average molecular weight is 370 g/mol. The Morgan fingerprint density at radius 3 is 2.74 bits per heavy atom. The number of nitrogens with one attached hydrogen (secondary N) is 1. The summed E-state index contributed by atoms with van der Waals surface area (Å²) in [4.78, 5) is 43.5. The van der Waals surface area contributed by atoms with E-state index in [1.165, 1.54) is 23.9 Å². The van der Waals surface area contributed by atoms with Crippen LogP contribution in [-0.2, 0) is 20.9 Å². The Balaban J connectivity index is 1.48. The predicted molar refractivity (Wildman–Crippen MR) is 95.9 cm³/mol. The largest absolute Gasteiger partial charge is 0.453 e. The van der Waals surface area contributed by atoms with Gasteiger partial charge in [0.1, 0.15) is 0 Å². The minimum absolute atomic E-state index is 0.0609. The standard InChI is InChI=1S/C18H18N4O5/c1-12(16(24)21-17-19-9-5-10-20-17)26-15(23)8-4-11-22-13-6-2-3-7-14(13)27-18(22)25/h2-3,5-7,9-10,12H,4,8,11H2,1H3,(H,19,20,21,24). The molecule has 1 atom stereocenters. The highest BCUT2D eigenvalue weighted by atomic mass is 16.5. The number of fused-ring (bicyclic) bond motifs is 1. The number of aromatic nitrogens is 3. The maximum atomic E-state index is 12.0. The number of nitrogens with zero attached hydrogens (tertiary/aromatic N) is 3. The fourth-order valence-electron chi connectivity index (χ4n) is 2.49.